The van der Waals surface area contributed by atoms with Crippen LogP contribution < -0.4 is 9.64 Å². The van der Waals surface area contributed by atoms with Gasteiger partial charge in [0.1, 0.15) is 5.75 Å². The van der Waals surface area contributed by atoms with E-state index in [1.807, 2.05) is 85.8 Å². The van der Waals surface area contributed by atoms with Gasteiger partial charge in [0.2, 0.25) is 0 Å². The van der Waals surface area contributed by atoms with Crippen LogP contribution in [0.3, 0.4) is 0 Å². The van der Waals surface area contributed by atoms with Gasteiger partial charge in [0.25, 0.3) is 5.91 Å². The van der Waals surface area contributed by atoms with E-state index in [4.69, 9.17) is 4.74 Å². The first-order valence-electron chi connectivity index (χ1n) is 9.09. The number of benzene rings is 2. The molecule has 1 saturated heterocycles. The van der Waals surface area contributed by atoms with Crippen molar-refractivity contribution in [3.8, 4) is 5.75 Å². The lowest BCUT2D eigenvalue weighted by atomic mass is 10.2. The number of aliphatic imine (C=N–C) groups is 1. The zero-order valence-corrected chi connectivity index (χ0v) is 16.9. The maximum Gasteiger partial charge on any atom is 0.271 e. The predicted octanol–water partition coefficient (Wildman–Crippen LogP) is 5.21. The lowest BCUT2D eigenvalue weighted by Crippen LogP contribution is -2.28. The molecule has 0 spiro atoms. The highest BCUT2D eigenvalue weighted by molar-refractivity contribution is 8.19. The Hall–Kier alpha value is -3.38. The van der Waals surface area contributed by atoms with Crippen LogP contribution in [0, 0.1) is 6.92 Å². The molecular weight excluding hydrogens is 382 g/mol. The minimum atomic E-state index is -0.108. The molecule has 4 rings (SSSR count). The monoisotopic (exact) mass is 401 g/mol. The highest BCUT2D eigenvalue weighted by Gasteiger charge is 2.34. The lowest BCUT2D eigenvalue weighted by Gasteiger charge is -2.15. The van der Waals surface area contributed by atoms with Crippen molar-refractivity contribution < 1.29 is 9.53 Å². The fraction of sp³-hybridized carbons (Fsp3) is 0.0870. The molecule has 5 nitrogen and oxygen atoms in total. The summed E-state index contributed by atoms with van der Waals surface area (Å²) in [5.74, 6) is 1.24. The fourth-order valence-electron chi connectivity index (χ4n) is 2.89. The molecule has 1 fully saturated rings. The van der Waals surface area contributed by atoms with Gasteiger partial charge in [0.05, 0.1) is 17.7 Å². The van der Waals surface area contributed by atoms with Gasteiger partial charge in [-0.05, 0) is 66.7 Å². The number of aromatic nitrogens is 1. The molecule has 1 aromatic heterocycles. The second kappa shape index (κ2) is 8.32. The first kappa shape index (κ1) is 19.0. The van der Waals surface area contributed by atoms with E-state index < -0.39 is 0 Å². The van der Waals surface area contributed by atoms with Gasteiger partial charge < -0.3 is 4.74 Å². The number of ether oxygens (including phenoxy) is 1. The number of hydrogen-bond donors (Lipinski definition) is 0. The van der Waals surface area contributed by atoms with Gasteiger partial charge in [-0.15, -0.1) is 0 Å². The van der Waals surface area contributed by atoms with Crippen molar-refractivity contribution in [1.29, 1.82) is 0 Å². The molecule has 0 aliphatic carbocycles. The van der Waals surface area contributed by atoms with Crippen LogP contribution in [0.15, 0.2) is 82.7 Å². The van der Waals surface area contributed by atoms with Crippen LogP contribution in [0.4, 0.5) is 11.5 Å². The van der Waals surface area contributed by atoms with Crippen LogP contribution in [-0.4, -0.2) is 23.2 Å². The average molecular weight is 401 g/mol. The van der Waals surface area contributed by atoms with Crippen LogP contribution in [0.5, 0.6) is 5.75 Å². The van der Waals surface area contributed by atoms with E-state index in [1.165, 1.54) is 11.8 Å². The number of carbonyl (C=O) groups excluding carboxylic acids is 1. The molecule has 2 heterocycles. The van der Waals surface area contributed by atoms with Crippen molar-refractivity contribution in [2.24, 2.45) is 4.99 Å². The zero-order chi connectivity index (χ0) is 20.2. The standard InChI is InChI=1S/C23H19N3O2S/c1-16-7-6-10-21(24-16)25-23-26(18-8-4-3-5-9-18)22(27)20(29-23)15-17-11-13-19(28-2)14-12-17/h3-15H,1-2H3/b20-15-,25-23+. The Morgan fingerprint density at radius 3 is 2.45 bits per heavy atom. The Bertz CT molecular complexity index is 1090. The van der Waals surface area contributed by atoms with Gasteiger partial charge in [-0.1, -0.05) is 36.4 Å². The van der Waals surface area contributed by atoms with Crippen LogP contribution >= 0.6 is 11.8 Å². The highest BCUT2D eigenvalue weighted by atomic mass is 32.2. The molecule has 6 heteroatoms. The molecule has 1 aliphatic heterocycles. The predicted molar refractivity (Wildman–Crippen MR) is 119 cm³/mol. The van der Waals surface area contributed by atoms with Crippen molar-refractivity contribution in [1.82, 2.24) is 4.98 Å². The Balaban J connectivity index is 1.74. The van der Waals surface area contributed by atoms with Gasteiger partial charge in [0, 0.05) is 5.69 Å². The second-order valence-corrected chi connectivity index (χ2v) is 7.40. The van der Waals surface area contributed by atoms with Gasteiger partial charge in [-0.25, -0.2) is 9.98 Å². The van der Waals surface area contributed by atoms with Crippen LogP contribution in [-0.2, 0) is 4.79 Å². The SMILES string of the molecule is COc1ccc(/C=C2\S/C(=N/c3cccc(C)n3)N(c3ccccc3)C2=O)cc1. The molecular formula is C23H19N3O2S. The van der Waals surface area contributed by atoms with Crippen molar-refractivity contribution >= 4 is 40.4 Å². The van der Waals surface area contributed by atoms with Crippen molar-refractivity contribution in [3.63, 3.8) is 0 Å². The van der Waals surface area contributed by atoms with Crippen molar-refractivity contribution in [2.75, 3.05) is 12.0 Å². The van der Waals surface area contributed by atoms with Crippen molar-refractivity contribution in [3.05, 3.63) is 89.0 Å². The van der Waals surface area contributed by atoms with E-state index in [1.54, 1.807) is 12.0 Å². The molecule has 0 atom stereocenters. The number of hydrogen-bond acceptors (Lipinski definition) is 5. The minimum Gasteiger partial charge on any atom is -0.497 e. The Morgan fingerprint density at radius 2 is 1.76 bits per heavy atom. The van der Waals surface area contributed by atoms with E-state index in [0.717, 1.165) is 22.7 Å². The molecule has 1 aliphatic rings. The summed E-state index contributed by atoms with van der Waals surface area (Å²) in [5.41, 5.74) is 2.57. The Kier molecular flexibility index (Phi) is 5.44. The van der Waals surface area contributed by atoms with E-state index in [2.05, 4.69) is 9.98 Å². The average Bonchev–Trinajstić information content (AvgIpc) is 3.04. The number of para-hydroxylation sites is 1. The third-order valence-corrected chi connectivity index (χ3v) is 5.29. The molecule has 2 aromatic carbocycles. The number of carbonyl (C=O) groups is 1. The Morgan fingerprint density at radius 1 is 1.00 bits per heavy atom. The second-order valence-electron chi connectivity index (χ2n) is 6.39. The maximum absolute atomic E-state index is 13.2. The van der Waals surface area contributed by atoms with E-state index in [-0.39, 0.29) is 5.91 Å². The number of aryl methyl sites for hydroxylation is 1. The summed E-state index contributed by atoms with van der Waals surface area (Å²) in [5, 5.41) is 0.582. The third kappa shape index (κ3) is 4.22. The fourth-order valence-corrected chi connectivity index (χ4v) is 3.88. The van der Waals surface area contributed by atoms with Crippen LogP contribution in [0.2, 0.25) is 0 Å². The summed E-state index contributed by atoms with van der Waals surface area (Å²) < 4.78 is 5.20. The number of amidine groups is 1. The molecule has 0 unspecified atom stereocenters. The molecule has 29 heavy (non-hydrogen) atoms. The number of amides is 1. The number of nitrogens with zero attached hydrogens (tertiary/aromatic N) is 3. The van der Waals surface area contributed by atoms with E-state index >= 15 is 0 Å². The van der Waals surface area contributed by atoms with Gasteiger partial charge in [-0.3, -0.25) is 9.69 Å². The topological polar surface area (TPSA) is 54.8 Å². The lowest BCUT2D eigenvalue weighted by molar-refractivity contribution is -0.113. The number of methoxy groups -OCH3 is 1. The van der Waals surface area contributed by atoms with E-state index in [9.17, 15) is 4.79 Å². The van der Waals surface area contributed by atoms with Crippen molar-refractivity contribution in [2.45, 2.75) is 6.92 Å². The number of pyridine rings is 1. The number of thioether (sulfide) groups is 1. The molecule has 0 saturated carbocycles. The number of anilines is 1. The summed E-state index contributed by atoms with van der Waals surface area (Å²) in [6.07, 6.45) is 1.87. The largest absolute Gasteiger partial charge is 0.497 e. The maximum atomic E-state index is 13.2. The van der Waals surface area contributed by atoms with Gasteiger partial charge in [0.15, 0.2) is 11.0 Å². The highest BCUT2D eigenvalue weighted by Crippen LogP contribution is 2.37. The normalized spacial score (nSPS) is 16.6. The van der Waals surface area contributed by atoms with Gasteiger partial charge >= 0.3 is 0 Å². The molecule has 144 valence electrons. The minimum absolute atomic E-state index is 0.108. The van der Waals surface area contributed by atoms with Crippen LogP contribution in [0.1, 0.15) is 11.3 Å². The van der Waals surface area contributed by atoms with Gasteiger partial charge in [-0.2, -0.15) is 0 Å². The quantitative estimate of drug-likeness (QED) is 0.563. The van der Waals surface area contributed by atoms with E-state index in [0.29, 0.717) is 15.9 Å². The molecule has 1 amide bonds. The summed E-state index contributed by atoms with van der Waals surface area (Å²) >= 11 is 1.34. The zero-order valence-electron chi connectivity index (χ0n) is 16.1. The summed E-state index contributed by atoms with van der Waals surface area (Å²) in [4.78, 5) is 24.5. The third-order valence-electron chi connectivity index (χ3n) is 4.32. The molecule has 3 aromatic rings. The smallest absolute Gasteiger partial charge is 0.271 e. The summed E-state index contributed by atoms with van der Waals surface area (Å²) in [6.45, 7) is 1.92. The summed E-state index contributed by atoms with van der Waals surface area (Å²) in [7, 11) is 1.63. The number of rotatable bonds is 4. The molecule has 0 radical (unpaired) electrons. The summed E-state index contributed by atoms with van der Waals surface area (Å²) in [6, 6.07) is 22.8. The first-order chi connectivity index (χ1) is 14.1. The van der Waals surface area contributed by atoms with Crippen LogP contribution in [0.25, 0.3) is 6.08 Å². The molecule has 0 bridgehead atoms. The first-order valence-corrected chi connectivity index (χ1v) is 9.91. The molecule has 0 N–H and O–H groups in total. The Labute approximate surface area is 173 Å².